The highest BCUT2D eigenvalue weighted by Crippen LogP contribution is 2.16. The molecule has 0 saturated heterocycles. The van der Waals surface area contributed by atoms with Gasteiger partial charge in [0, 0.05) is 31.1 Å². The first-order chi connectivity index (χ1) is 6.24. The lowest BCUT2D eigenvalue weighted by atomic mass is 10.2. The fourth-order valence-corrected chi connectivity index (χ4v) is 1.53. The molecule has 1 N–H and O–H groups in total. The molecule has 0 fully saturated rings. The minimum atomic E-state index is 0.397. The van der Waals surface area contributed by atoms with Crippen molar-refractivity contribution in [2.45, 2.75) is 19.8 Å². The fourth-order valence-electron chi connectivity index (χ4n) is 0.801. The second kappa shape index (κ2) is 5.14. The standard InChI is InChI=1S/C8H15N3OS/c1-6(2)7-10-8(13-11-7)9-4-5-12-3/h6H,4-5H2,1-3H3,(H,9,10,11). The number of methoxy groups -OCH3 is 1. The quantitative estimate of drug-likeness (QED) is 0.737. The summed E-state index contributed by atoms with van der Waals surface area (Å²) >= 11 is 1.40. The summed E-state index contributed by atoms with van der Waals surface area (Å²) in [5, 5.41) is 4.02. The van der Waals surface area contributed by atoms with Crippen molar-refractivity contribution < 1.29 is 4.74 Å². The lowest BCUT2D eigenvalue weighted by molar-refractivity contribution is 0.211. The molecule has 0 radical (unpaired) electrons. The number of hydrogen-bond donors (Lipinski definition) is 1. The normalized spacial score (nSPS) is 10.8. The minimum absolute atomic E-state index is 0.397. The van der Waals surface area contributed by atoms with Crippen molar-refractivity contribution in [3.63, 3.8) is 0 Å². The Balaban J connectivity index is 2.40. The first-order valence-corrected chi connectivity index (χ1v) is 5.07. The molecule has 0 bridgehead atoms. The maximum atomic E-state index is 4.91. The van der Waals surface area contributed by atoms with Crippen LogP contribution in [-0.4, -0.2) is 29.6 Å². The fraction of sp³-hybridized carbons (Fsp3) is 0.750. The van der Waals surface area contributed by atoms with Crippen molar-refractivity contribution in [3.8, 4) is 0 Å². The van der Waals surface area contributed by atoms with Gasteiger partial charge in [-0.15, -0.1) is 0 Å². The van der Waals surface area contributed by atoms with Crippen LogP contribution in [0.3, 0.4) is 0 Å². The van der Waals surface area contributed by atoms with Gasteiger partial charge in [-0.25, -0.2) is 4.98 Å². The number of nitrogens with one attached hydrogen (secondary N) is 1. The minimum Gasteiger partial charge on any atom is -0.383 e. The van der Waals surface area contributed by atoms with Crippen molar-refractivity contribution in [1.29, 1.82) is 0 Å². The molecule has 0 amide bonds. The van der Waals surface area contributed by atoms with Crippen molar-refractivity contribution in [2.75, 3.05) is 25.6 Å². The van der Waals surface area contributed by atoms with E-state index in [9.17, 15) is 0 Å². The highest BCUT2D eigenvalue weighted by atomic mass is 32.1. The van der Waals surface area contributed by atoms with E-state index in [-0.39, 0.29) is 0 Å². The molecule has 4 nitrogen and oxygen atoms in total. The summed E-state index contributed by atoms with van der Waals surface area (Å²) in [4.78, 5) is 4.32. The number of ether oxygens (including phenoxy) is 1. The van der Waals surface area contributed by atoms with Gasteiger partial charge in [-0.05, 0) is 0 Å². The van der Waals surface area contributed by atoms with Crippen LogP contribution >= 0.6 is 11.5 Å². The molecule has 0 aliphatic rings. The summed E-state index contributed by atoms with van der Waals surface area (Å²) in [5.74, 6) is 1.30. The van der Waals surface area contributed by atoms with Crippen LogP contribution in [0.25, 0.3) is 0 Å². The van der Waals surface area contributed by atoms with Crippen LogP contribution in [0.1, 0.15) is 25.6 Å². The number of aromatic nitrogens is 2. The van der Waals surface area contributed by atoms with E-state index in [1.165, 1.54) is 11.5 Å². The second-order valence-electron chi connectivity index (χ2n) is 3.03. The third-order valence-corrected chi connectivity index (χ3v) is 2.23. The maximum absolute atomic E-state index is 4.91. The molecule has 0 aliphatic carbocycles. The zero-order chi connectivity index (χ0) is 9.68. The predicted molar refractivity (Wildman–Crippen MR) is 54.4 cm³/mol. The van der Waals surface area contributed by atoms with E-state index in [2.05, 4.69) is 28.5 Å². The molecule has 0 spiro atoms. The Morgan fingerprint density at radius 3 is 2.85 bits per heavy atom. The molecular weight excluding hydrogens is 186 g/mol. The first-order valence-electron chi connectivity index (χ1n) is 4.30. The van der Waals surface area contributed by atoms with Crippen LogP contribution in [0.15, 0.2) is 0 Å². The summed E-state index contributed by atoms with van der Waals surface area (Å²) in [7, 11) is 1.68. The van der Waals surface area contributed by atoms with E-state index in [0.717, 1.165) is 17.5 Å². The summed E-state index contributed by atoms with van der Waals surface area (Å²) in [5.41, 5.74) is 0. The first kappa shape index (κ1) is 10.4. The summed E-state index contributed by atoms with van der Waals surface area (Å²) in [6.07, 6.45) is 0. The van der Waals surface area contributed by atoms with Crippen molar-refractivity contribution in [3.05, 3.63) is 5.82 Å². The van der Waals surface area contributed by atoms with Crippen LogP contribution in [0.2, 0.25) is 0 Å². The van der Waals surface area contributed by atoms with Crippen molar-refractivity contribution in [2.24, 2.45) is 0 Å². The molecule has 0 aromatic carbocycles. The molecule has 1 heterocycles. The van der Waals surface area contributed by atoms with E-state index >= 15 is 0 Å². The summed E-state index contributed by atoms with van der Waals surface area (Å²) < 4.78 is 9.13. The Morgan fingerprint density at radius 1 is 1.54 bits per heavy atom. The Bertz CT molecular complexity index is 249. The van der Waals surface area contributed by atoms with Crippen LogP contribution < -0.4 is 5.32 Å². The molecule has 1 aromatic heterocycles. The van der Waals surface area contributed by atoms with Crippen LogP contribution in [-0.2, 0) is 4.74 Å². The molecule has 0 saturated carbocycles. The van der Waals surface area contributed by atoms with E-state index in [1.807, 2.05) is 0 Å². The van der Waals surface area contributed by atoms with Gasteiger partial charge in [-0.3, -0.25) is 0 Å². The zero-order valence-corrected chi connectivity index (χ0v) is 9.02. The topological polar surface area (TPSA) is 47.0 Å². The van der Waals surface area contributed by atoms with Crippen molar-refractivity contribution >= 4 is 16.7 Å². The van der Waals surface area contributed by atoms with E-state index < -0.39 is 0 Å². The van der Waals surface area contributed by atoms with Gasteiger partial charge in [0.05, 0.1) is 6.61 Å². The predicted octanol–water partition coefficient (Wildman–Crippen LogP) is 1.72. The highest BCUT2D eigenvalue weighted by Gasteiger charge is 2.06. The van der Waals surface area contributed by atoms with Gasteiger partial charge in [0.25, 0.3) is 0 Å². The van der Waals surface area contributed by atoms with Gasteiger partial charge in [-0.1, -0.05) is 13.8 Å². The lowest BCUT2D eigenvalue weighted by Gasteiger charge is -1.99. The second-order valence-corrected chi connectivity index (χ2v) is 3.78. The number of hydrogen-bond acceptors (Lipinski definition) is 5. The third kappa shape index (κ3) is 3.28. The molecule has 5 heteroatoms. The maximum Gasteiger partial charge on any atom is 0.202 e. The molecule has 1 aromatic rings. The van der Waals surface area contributed by atoms with Gasteiger partial charge < -0.3 is 10.1 Å². The zero-order valence-electron chi connectivity index (χ0n) is 8.20. The molecule has 1 rings (SSSR count). The van der Waals surface area contributed by atoms with Crippen LogP contribution in [0, 0.1) is 0 Å². The van der Waals surface area contributed by atoms with Gasteiger partial charge in [0.2, 0.25) is 5.13 Å². The van der Waals surface area contributed by atoms with Gasteiger partial charge in [0.15, 0.2) is 0 Å². The number of nitrogens with zero attached hydrogens (tertiary/aromatic N) is 2. The Morgan fingerprint density at radius 2 is 2.31 bits per heavy atom. The van der Waals surface area contributed by atoms with Gasteiger partial charge >= 0.3 is 0 Å². The molecular formula is C8H15N3OS. The SMILES string of the molecule is COCCNc1nc(C(C)C)ns1. The third-order valence-electron chi connectivity index (χ3n) is 1.54. The van der Waals surface area contributed by atoms with E-state index in [1.54, 1.807) is 7.11 Å². The Kier molecular flexibility index (Phi) is 4.11. The van der Waals surface area contributed by atoms with Crippen LogP contribution in [0.4, 0.5) is 5.13 Å². The monoisotopic (exact) mass is 201 g/mol. The Labute approximate surface area is 82.5 Å². The van der Waals surface area contributed by atoms with Crippen LogP contribution in [0.5, 0.6) is 0 Å². The lowest BCUT2D eigenvalue weighted by Crippen LogP contribution is -2.07. The molecule has 74 valence electrons. The molecule has 0 unspecified atom stereocenters. The van der Waals surface area contributed by atoms with E-state index in [0.29, 0.717) is 12.5 Å². The largest absolute Gasteiger partial charge is 0.383 e. The highest BCUT2D eigenvalue weighted by molar-refractivity contribution is 7.09. The smallest absolute Gasteiger partial charge is 0.202 e. The van der Waals surface area contributed by atoms with Gasteiger partial charge in [-0.2, -0.15) is 4.37 Å². The average molecular weight is 201 g/mol. The average Bonchev–Trinajstić information content (AvgIpc) is 2.53. The number of anilines is 1. The molecule has 13 heavy (non-hydrogen) atoms. The molecule has 0 aliphatic heterocycles. The number of rotatable bonds is 5. The summed E-state index contributed by atoms with van der Waals surface area (Å²) in [6.45, 7) is 5.64. The van der Waals surface area contributed by atoms with Crippen molar-refractivity contribution in [1.82, 2.24) is 9.36 Å². The summed E-state index contributed by atoms with van der Waals surface area (Å²) in [6, 6.07) is 0. The Hall–Kier alpha value is -0.680. The van der Waals surface area contributed by atoms with E-state index in [4.69, 9.17) is 4.74 Å². The van der Waals surface area contributed by atoms with Gasteiger partial charge in [0.1, 0.15) is 5.82 Å². The molecule has 0 atom stereocenters.